The second-order valence-electron chi connectivity index (χ2n) is 16.5. The molecule has 0 rings (SSSR count). The van der Waals surface area contributed by atoms with E-state index in [9.17, 15) is 0 Å². The third-order valence-corrected chi connectivity index (χ3v) is 10.4. The highest BCUT2D eigenvalue weighted by Gasteiger charge is 2.00. The third-order valence-electron chi connectivity index (χ3n) is 10.4. The van der Waals surface area contributed by atoms with Crippen LogP contribution in [-0.4, -0.2) is 231 Å². The zero-order chi connectivity index (χ0) is 50.1. The van der Waals surface area contributed by atoms with Gasteiger partial charge in [0, 0.05) is 13.2 Å². The Morgan fingerprint density at radius 2 is 0.286 bits per heavy atom. The molecule has 0 radical (unpaired) electrons. The normalized spacial score (nSPS) is 11.7. The first-order chi connectivity index (χ1) is 34.9. The number of hydrogen-bond acceptors (Lipinski definition) is 18. The van der Waals surface area contributed by atoms with Crippen LogP contribution in [0, 0.1) is 0 Å². The summed E-state index contributed by atoms with van der Waals surface area (Å²) < 4.78 is 93.6. The predicted molar refractivity (Wildman–Crippen MR) is 273 cm³/mol. The molecule has 422 valence electrons. The molecule has 0 aliphatic heterocycles. The van der Waals surface area contributed by atoms with E-state index in [1.807, 2.05) is 0 Å². The Labute approximate surface area is 426 Å². The minimum absolute atomic E-state index is 0.500. The summed E-state index contributed by atoms with van der Waals surface area (Å²) in [6.07, 6.45) is 22.1. The predicted octanol–water partition coefficient (Wildman–Crippen LogP) is 6.49. The number of rotatable bonds is 67. The van der Waals surface area contributed by atoms with Crippen molar-refractivity contribution in [3.63, 3.8) is 0 Å². The number of nitrogens with two attached hydrogens (primary N) is 1. The zero-order valence-electron chi connectivity index (χ0n) is 44.6. The van der Waals surface area contributed by atoms with Gasteiger partial charge in [-0.1, -0.05) is 103 Å². The van der Waals surface area contributed by atoms with E-state index < -0.39 is 0 Å². The first-order valence-electron chi connectivity index (χ1n) is 27.4. The summed E-state index contributed by atoms with van der Waals surface area (Å²) in [5.74, 6) is 0. The van der Waals surface area contributed by atoms with E-state index in [4.69, 9.17) is 86.3 Å². The van der Waals surface area contributed by atoms with Gasteiger partial charge in [0.15, 0.2) is 0 Å². The van der Waals surface area contributed by atoms with Crippen LogP contribution in [0.4, 0.5) is 0 Å². The highest BCUT2D eigenvalue weighted by atomic mass is 16.6. The Morgan fingerprint density at radius 1 is 0.157 bits per heavy atom. The SMILES string of the molecule is CCCCCCCCCCCCCCCCCCOCCOCCOCCOCCOCCOCCOCCOCCOCCOCCOCCOCCOCCOCCOCCOCCOCCN. The molecule has 0 aliphatic rings. The van der Waals surface area contributed by atoms with Crippen LogP contribution in [0.2, 0.25) is 0 Å². The van der Waals surface area contributed by atoms with Gasteiger partial charge in [-0.2, -0.15) is 0 Å². The van der Waals surface area contributed by atoms with Gasteiger partial charge in [-0.3, -0.25) is 0 Å². The van der Waals surface area contributed by atoms with Gasteiger partial charge in [0.25, 0.3) is 0 Å². The summed E-state index contributed by atoms with van der Waals surface area (Å²) in [4.78, 5) is 0. The maximum absolute atomic E-state index is 5.71. The fraction of sp³-hybridized carbons (Fsp3) is 1.00. The first-order valence-corrected chi connectivity index (χ1v) is 27.4. The van der Waals surface area contributed by atoms with E-state index in [0.717, 1.165) is 13.0 Å². The number of unbranched alkanes of at least 4 members (excludes halogenated alkanes) is 15. The molecule has 0 aromatic carbocycles. The Hall–Kier alpha value is -0.720. The lowest BCUT2D eigenvalue weighted by molar-refractivity contribution is -0.0307. The van der Waals surface area contributed by atoms with Gasteiger partial charge in [-0.15, -0.1) is 0 Å². The summed E-state index contributed by atoms with van der Waals surface area (Å²) in [5.41, 5.74) is 5.35. The van der Waals surface area contributed by atoms with Gasteiger partial charge in [-0.25, -0.2) is 0 Å². The average Bonchev–Trinajstić information content (AvgIpc) is 3.37. The molecule has 0 aliphatic carbocycles. The van der Waals surface area contributed by atoms with E-state index in [1.54, 1.807) is 0 Å². The third kappa shape index (κ3) is 67.3. The standard InChI is InChI=1S/C52H107NO17/c1-2-3-4-5-6-7-8-9-10-11-12-13-14-15-16-17-19-54-21-23-56-25-27-58-29-31-60-33-35-62-37-39-64-41-43-66-45-47-68-49-51-70-52-50-69-48-46-67-44-42-65-40-38-63-36-34-61-32-30-59-28-26-57-24-22-55-20-18-53/h2-53H2,1H3. The maximum atomic E-state index is 5.71. The van der Waals surface area contributed by atoms with Gasteiger partial charge in [-0.05, 0) is 6.42 Å². The molecule has 0 amide bonds. The second-order valence-corrected chi connectivity index (χ2v) is 16.5. The van der Waals surface area contributed by atoms with E-state index >= 15 is 0 Å². The molecule has 70 heavy (non-hydrogen) atoms. The molecule has 18 heteroatoms. The Kier molecular flexibility index (Phi) is 67.6. The number of hydrogen-bond donors (Lipinski definition) is 1. The van der Waals surface area contributed by atoms with Crippen molar-refractivity contribution in [2.24, 2.45) is 5.73 Å². The van der Waals surface area contributed by atoms with Gasteiger partial charge in [0.05, 0.1) is 218 Å². The summed E-state index contributed by atoms with van der Waals surface area (Å²) in [5, 5.41) is 0. The lowest BCUT2D eigenvalue weighted by Crippen LogP contribution is -2.16. The molecular formula is C52H107NO17. The Bertz CT molecular complexity index is 823. The second kappa shape index (κ2) is 68.3. The van der Waals surface area contributed by atoms with E-state index in [2.05, 4.69) is 6.92 Å². The van der Waals surface area contributed by atoms with Crippen LogP contribution in [-0.2, 0) is 80.5 Å². The van der Waals surface area contributed by atoms with Crippen LogP contribution in [0.25, 0.3) is 0 Å². The van der Waals surface area contributed by atoms with Gasteiger partial charge in [0.1, 0.15) is 0 Å². The minimum Gasteiger partial charge on any atom is -0.379 e. The topological polar surface area (TPSA) is 183 Å². The van der Waals surface area contributed by atoms with Crippen LogP contribution in [0.1, 0.15) is 110 Å². The van der Waals surface area contributed by atoms with Crippen LogP contribution in [0.3, 0.4) is 0 Å². The quantitative estimate of drug-likeness (QED) is 0.0652. The highest BCUT2D eigenvalue weighted by molar-refractivity contribution is 4.50. The fourth-order valence-electron chi connectivity index (χ4n) is 6.46. The van der Waals surface area contributed by atoms with Gasteiger partial charge >= 0.3 is 0 Å². The van der Waals surface area contributed by atoms with Gasteiger partial charge < -0.3 is 86.3 Å². The van der Waals surface area contributed by atoms with Gasteiger partial charge in [0.2, 0.25) is 0 Å². The summed E-state index contributed by atoms with van der Waals surface area (Å²) >= 11 is 0. The molecule has 0 saturated heterocycles. The molecule has 0 atom stereocenters. The van der Waals surface area contributed by atoms with Crippen molar-refractivity contribution in [1.82, 2.24) is 0 Å². The van der Waals surface area contributed by atoms with Crippen LogP contribution in [0.15, 0.2) is 0 Å². The van der Waals surface area contributed by atoms with Crippen molar-refractivity contribution in [2.75, 3.05) is 231 Å². The van der Waals surface area contributed by atoms with Crippen molar-refractivity contribution < 1.29 is 80.5 Å². The molecule has 0 bridgehead atoms. The van der Waals surface area contributed by atoms with Crippen molar-refractivity contribution >= 4 is 0 Å². The highest BCUT2D eigenvalue weighted by Crippen LogP contribution is 2.13. The molecule has 0 spiro atoms. The lowest BCUT2D eigenvalue weighted by Gasteiger charge is -2.09. The van der Waals surface area contributed by atoms with Crippen LogP contribution >= 0.6 is 0 Å². The Balaban J connectivity index is 3.07. The fourth-order valence-corrected chi connectivity index (χ4v) is 6.46. The molecular weight excluding hydrogens is 911 g/mol. The van der Waals surface area contributed by atoms with E-state index in [1.165, 1.54) is 96.3 Å². The molecule has 2 N–H and O–H groups in total. The summed E-state index contributed by atoms with van der Waals surface area (Å²) in [7, 11) is 0. The molecule has 0 aromatic heterocycles. The molecule has 0 unspecified atom stereocenters. The molecule has 0 saturated carbocycles. The maximum Gasteiger partial charge on any atom is 0.0701 e. The zero-order valence-corrected chi connectivity index (χ0v) is 44.6. The van der Waals surface area contributed by atoms with Crippen molar-refractivity contribution in [3.05, 3.63) is 0 Å². The Morgan fingerprint density at radius 3 is 0.443 bits per heavy atom. The van der Waals surface area contributed by atoms with E-state index in [-0.39, 0.29) is 0 Å². The van der Waals surface area contributed by atoms with Crippen molar-refractivity contribution in [2.45, 2.75) is 110 Å². The average molecular weight is 1020 g/mol. The molecule has 18 nitrogen and oxygen atoms in total. The smallest absolute Gasteiger partial charge is 0.0701 e. The lowest BCUT2D eigenvalue weighted by atomic mass is 10.0. The largest absolute Gasteiger partial charge is 0.379 e. The van der Waals surface area contributed by atoms with Crippen LogP contribution < -0.4 is 5.73 Å². The monoisotopic (exact) mass is 1020 g/mol. The van der Waals surface area contributed by atoms with Crippen molar-refractivity contribution in [3.8, 4) is 0 Å². The summed E-state index contributed by atoms with van der Waals surface area (Å²) in [6, 6.07) is 0. The molecule has 0 heterocycles. The van der Waals surface area contributed by atoms with E-state index in [0.29, 0.717) is 225 Å². The molecule has 0 fully saturated rings. The molecule has 0 aromatic rings. The minimum atomic E-state index is 0.500. The van der Waals surface area contributed by atoms with Crippen molar-refractivity contribution in [1.29, 1.82) is 0 Å². The first kappa shape index (κ1) is 69.3. The van der Waals surface area contributed by atoms with Crippen LogP contribution in [0.5, 0.6) is 0 Å². The summed E-state index contributed by atoms with van der Waals surface area (Å²) in [6.45, 7) is 20.9. The number of ether oxygens (including phenoxy) is 17.